The smallest absolute Gasteiger partial charge is 0.121 e. The number of thioether (sulfide) groups is 1. The molecule has 0 aromatic heterocycles. The van der Waals surface area contributed by atoms with E-state index in [9.17, 15) is 5.11 Å². The third-order valence-electron chi connectivity index (χ3n) is 5.36. The van der Waals surface area contributed by atoms with Crippen molar-refractivity contribution in [2.45, 2.75) is 11.4 Å². The molecule has 4 aromatic rings. The van der Waals surface area contributed by atoms with Gasteiger partial charge in [0.05, 0.1) is 0 Å². The minimum absolute atomic E-state index is 0.0479. The molecule has 0 saturated carbocycles. The van der Waals surface area contributed by atoms with E-state index < -0.39 is 0 Å². The topological polar surface area (TPSA) is 35.8 Å². The number of hydrogen-bond donors (Lipinski definition) is 1. The second kappa shape index (κ2) is 8.70. The van der Waals surface area contributed by atoms with Crippen LogP contribution in [0.2, 0.25) is 0 Å². The molecule has 5 rings (SSSR count). The molecule has 0 saturated heterocycles. The van der Waals surface area contributed by atoms with E-state index in [1.54, 1.807) is 17.8 Å². The molecule has 31 heavy (non-hydrogen) atoms. The molecule has 0 spiro atoms. The molecule has 3 nitrogen and oxygen atoms in total. The Balaban J connectivity index is 1.65. The summed E-state index contributed by atoms with van der Waals surface area (Å²) in [5.74, 6) is 0.275. The van der Waals surface area contributed by atoms with Gasteiger partial charge in [0.1, 0.15) is 22.2 Å². The third kappa shape index (κ3) is 3.94. The van der Waals surface area contributed by atoms with Crippen molar-refractivity contribution < 1.29 is 5.11 Å². The Morgan fingerprint density at radius 1 is 0.645 bits per heavy atom. The molecule has 0 bridgehead atoms. The molecule has 2 unspecified atom stereocenters. The first-order chi connectivity index (χ1) is 15.3. The highest BCUT2D eigenvalue weighted by atomic mass is 32.2. The van der Waals surface area contributed by atoms with Crippen LogP contribution in [0.4, 0.5) is 11.4 Å². The van der Waals surface area contributed by atoms with Crippen molar-refractivity contribution in [3.05, 3.63) is 126 Å². The van der Waals surface area contributed by atoms with Gasteiger partial charge in [0.2, 0.25) is 0 Å². The number of phenols is 1. The lowest BCUT2D eigenvalue weighted by Gasteiger charge is -2.34. The predicted octanol–water partition coefficient (Wildman–Crippen LogP) is 6.79. The summed E-state index contributed by atoms with van der Waals surface area (Å²) in [6, 6.07) is 38.3. The maximum atomic E-state index is 10.7. The van der Waals surface area contributed by atoms with E-state index >= 15 is 0 Å². The number of rotatable bonds is 5. The number of anilines is 2. The lowest BCUT2D eigenvalue weighted by Crippen LogP contribution is -2.31. The summed E-state index contributed by atoms with van der Waals surface area (Å²) < 4.78 is 0. The SMILES string of the molecule is Oc1ccccc1C1N=C(c2ccccc2)SC1N(c1ccccc1)c1ccccc1. The second-order valence-corrected chi connectivity index (χ2v) is 8.46. The van der Waals surface area contributed by atoms with Gasteiger partial charge in [-0.05, 0) is 30.3 Å². The van der Waals surface area contributed by atoms with Gasteiger partial charge in [-0.3, -0.25) is 4.99 Å². The van der Waals surface area contributed by atoms with Gasteiger partial charge in [0, 0.05) is 22.5 Å². The quantitative estimate of drug-likeness (QED) is 0.384. The van der Waals surface area contributed by atoms with Crippen LogP contribution in [0.3, 0.4) is 0 Å². The molecular weight excluding hydrogens is 400 g/mol. The average molecular weight is 423 g/mol. The molecule has 4 aromatic carbocycles. The first kappa shape index (κ1) is 19.5. The van der Waals surface area contributed by atoms with Crippen molar-refractivity contribution in [1.82, 2.24) is 0 Å². The fourth-order valence-corrected chi connectivity index (χ4v) is 5.26. The molecule has 0 aliphatic carbocycles. The summed E-state index contributed by atoms with van der Waals surface area (Å²) in [4.78, 5) is 7.44. The molecule has 1 N–H and O–H groups in total. The van der Waals surface area contributed by atoms with Crippen LogP contribution >= 0.6 is 11.8 Å². The fourth-order valence-electron chi connectivity index (χ4n) is 3.90. The number of hydrogen-bond acceptors (Lipinski definition) is 4. The van der Waals surface area contributed by atoms with E-state index in [-0.39, 0.29) is 17.2 Å². The van der Waals surface area contributed by atoms with Gasteiger partial charge in [0.25, 0.3) is 0 Å². The number of para-hydroxylation sites is 3. The number of benzene rings is 4. The first-order valence-electron chi connectivity index (χ1n) is 10.3. The Labute approximate surface area is 186 Å². The number of nitrogens with zero attached hydrogens (tertiary/aromatic N) is 2. The molecule has 1 aliphatic heterocycles. The maximum absolute atomic E-state index is 10.7. The van der Waals surface area contributed by atoms with Crippen LogP contribution in [0, 0.1) is 0 Å². The van der Waals surface area contributed by atoms with Crippen LogP contribution in [0.5, 0.6) is 5.75 Å². The van der Waals surface area contributed by atoms with Crippen molar-refractivity contribution in [1.29, 1.82) is 0 Å². The Morgan fingerprint density at radius 3 is 1.74 bits per heavy atom. The number of aromatic hydroxyl groups is 1. The second-order valence-electron chi connectivity index (χ2n) is 7.35. The van der Waals surface area contributed by atoms with Crippen LogP contribution < -0.4 is 4.90 Å². The van der Waals surface area contributed by atoms with Crippen LogP contribution in [0.25, 0.3) is 0 Å². The third-order valence-corrected chi connectivity index (χ3v) is 6.63. The summed E-state index contributed by atoms with van der Waals surface area (Å²) in [5, 5.41) is 11.6. The van der Waals surface area contributed by atoms with E-state index in [4.69, 9.17) is 4.99 Å². The monoisotopic (exact) mass is 422 g/mol. The first-order valence-corrected chi connectivity index (χ1v) is 11.2. The molecule has 0 fully saturated rings. The Morgan fingerprint density at radius 2 is 1.16 bits per heavy atom. The molecule has 152 valence electrons. The van der Waals surface area contributed by atoms with Gasteiger partial charge in [-0.15, -0.1) is 0 Å². The highest BCUT2D eigenvalue weighted by Crippen LogP contribution is 2.47. The van der Waals surface area contributed by atoms with Gasteiger partial charge >= 0.3 is 0 Å². The van der Waals surface area contributed by atoms with Crippen LogP contribution in [-0.2, 0) is 0 Å². The predicted molar refractivity (Wildman–Crippen MR) is 130 cm³/mol. The molecule has 1 aliphatic rings. The zero-order chi connectivity index (χ0) is 21.0. The average Bonchev–Trinajstić information content (AvgIpc) is 3.26. The highest BCUT2D eigenvalue weighted by Gasteiger charge is 2.38. The van der Waals surface area contributed by atoms with Gasteiger partial charge in [-0.25, -0.2) is 0 Å². The lowest BCUT2D eigenvalue weighted by atomic mass is 10.0. The standard InChI is InChI=1S/C27H22N2OS/c30-24-19-11-10-18-23(24)25-27(31-26(28-25)20-12-4-1-5-13-20)29(21-14-6-2-7-15-21)22-16-8-3-9-17-22/h1-19,25,27,30H. The lowest BCUT2D eigenvalue weighted by molar-refractivity contribution is 0.461. The number of aliphatic imine (C=N–C) groups is 1. The zero-order valence-corrected chi connectivity index (χ0v) is 17.7. The van der Waals surface area contributed by atoms with E-state index in [1.165, 1.54) is 0 Å². The molecule has 0 amide bonds. The Hall–Kier alpha value is -3.50. The summed E-state index contributed by atoms with van der Waals surface area (Å²) >= 11 is 1.74. The molecule has 2 atom stereocenters. The summed E-state index contributed by atoms with van der Waals surface area (Å²) in [6.07, 6.45) is 0. The van der Waals surface area contributed by atoms with Crippen molar-refractivity contribution in [3.63, 3.8) is 0 Å². The van der Waals surface area contributed by atoms with E-state index in [1.807, 2.05) is 48.5 Å². The zero-order valence-electron chi connectivity index (χ0n) is 16.9. The van der Waals surface area contributed by atoms with Gasteiger partial charge in [0.15, 0.2) is 0 Å². The van der Waals surface area contributed by atoms with Crippen molar-refractivity contribution in [2.75, 3.05) is 4.90 Å². The van der Waals surface area contributed by atoms with E-state index in [2.05, 4.69) is 65.6 Å². The van der Waals surface area contributed by atoms with Gasteiger partial charge < -0.3 is 10.0 Å². The van der Waals surface area contributed by atoms with Crippen LogP contribution in [-0.4, -0.2) is 15.5 Å². The summed E-state index contributed by atoms with van der Waals surface area (Å²) in [5.41, 5.74) is 4.12. The van der Waals surface area contributed by atoms with E-state index in [0.717, 1.165) is 27.5 Å². The van der Waals surface area contributed by atoms with Crippen molar-refractivity contribution in [3.8, 4) is 5.75 Å². The minimum Gasteiger partial charge on any atom is -0.508 e. The molecule has 1 heterocycles. The summed E-state index contributed by atoms with van der Waals surface area (Å²) in [6.45, 7) is 0. The van der Waals surface area contributed by atoms with Crippen LogP contribution in [0.15, 0.2) is 120 Å². The normalized spacial score (nSPS) is 17.9. The molecule has 0 radical (unpaired) electrons. The van der Waals surface area contributed by atoms with Crippen molar-refractivity contribution >= 4 is 28.2 Å². The van der Waals surface area contributed by atoms with Gasteiger partial charge in [-0.1, -0.05) is 96.7 Å². The fraction of sp³-hybridized carbons (Fsp3) is 0.0741. The van der Waals surface area contributed by atoms with Gasteiger partial charge in [-0.2, -0.15) is 0 Å². The summed E-state index contributed by atoms with van der Waals surface area (Å²) in [7, 11) is 0. The Bertz CT molecular complexity index is 1140. The largest absolute Gasteiger partial charge is 0.508 e. The minimum atomic E-state index is -0.221. The van der Waals surface area contributed by atoms with Crippen molar-refractivity contribution in [2.24, 2.45) is 4.99 Å². The Kier molecular flexibility index (Phi) is 5.46. The molecular formula is C27H22N2OS. The van der Waals surface area contributed by atoms with E-state index in [0.29, 0.717) is 0 Å². The molecule has 4 heteroatoms. The number of phenolic OH excluding ortho intramolecular Hbond substituents is 1. The highest BCUT2D eigenvalue weighted by molar-refractivity contribution is 8.15. The van der Waals surface area contributed by atoms with Crippen LogP contribution in [0.1, 0.15) is 17.2 Å². The maximum Gasteiger partial charge on any atom is 0.121 e.